The summed E-state index contributed by atoms with van der Waals surface area (Å²) in [6.07, 6.45) is 3.04. The Bertz CT molecular complexity index is 953. The number of aliphatic carboxylic acids is 1. The van der Waals surface area contributed by atoms with Gasteiger partial charge in [0.05, 0.1) is 24.4 Å². The Morgan fingerprint density at radius 1 is 1.09 bits per heavy atom. The number of aliphatic hydroxyl groups excluding tert-OH is 1. The molecule has 0 spiro atoms. The van der Waals surface area contributed by atoms with Gasteiger partial charge in [-0.3, -0.25) is 4.79 Å². The summed E-state index contributed by atoms with van der Waals surface area (Å²) in [5.41, 5.74) is -0.490. The Hall–Kier alpha value is -0.00364. The Kier molecular flexibility index (Phi) is 17.1. The van der Waals surface area contributed by atoms with Crippen LogP contribution in [0, 0.1) is 17.3 Å². The third kappa shape index (κ3) is 10.3. The maximum atomic E-state index is 13.5. The van der Waals surface area contributed by atoms with E-state index < -0.39 is 47.6 Å². The third-order valence-corrected chi connectivity index (χ3v) is 9.84. The van der Waals surface area contributed by atoms with Gasteiger partial charge in [-0.15, -0.1) is 0 Å². The number of amides is 1. The summed E-state index contributed by atoms with van der Waals surface area (Å²) in [7, 11) is 4.70. The van der Waals surface area contributed by atoms with Crippen LogP contribution in [-0.2, 0) is 42.7 Å². The van der Waals surface area contributed by atoms with Crippen molar-refractivity contribution in [2.24, 2.45) is 17.3 Å². The Labute approximate surface area is 311 Å². The van der Waals surface area contributed by atoms with Crippen molar-refractivity contribution >= 4 is 11.9 Å². The van der Waals surface area contributed by atoms with Gasteiger partial charge in [0.2, 0.25) is 5.79 Å². The minimum Gasteiger partial charge on any atom is -0.550 e. The summed E-state index contributed by atoms with van der Waals surface area (Å²) < 4.78 is 41.9. The summed E-state index contributed by atoms with van der Waals surface area (Å²) in [4.78, 5) is 24.1. The molecule has 0 aromatic rings. The summed E-state index contributed by atoms with van der Waals surface area (Å²) in [6, 6.07) is 0. The van der Waals surface area contributed by atoms with Crippen molar-refractivity contribution in [2.75, 3.05) is 28.1 Å². The number of methoxy groups -OCH3 is 3. The molecule has 3 aliphatic heterocycles. The molecule has 3 rings (SSSR count). The van der Waals surface area contributed by atoms with Gasteiger partial charge in [0, 0.05) is 45.6 Å². The van der Waals surface area contributed by atoms with Crippen molar-refractivity contribution in [2.45, 2.75) is 134 Å². The van der Waals surface area contributed by atoms with Crippen LogP contribution >= 0.6 is 0 Å². The number of nitrogens with one attached hydrogen (secondary N) is 1. The molecule has 3 fully saturated rings. The van der Waals surface area contributed by atoms with Crippen LogP contribution in [0.3, 0.4) is 0 Å². The molecule has 11 atom stereocenters. The summed E-state index contributed by atoms with van der Waals surface area (Å²) in [6.45, 7) is 10.1. The molecule has 45 heavy (non-hydrogen) atoms. The van der Waals surface area contributed by atoms with E-state index in [1.54, 1.807) is 14.2 Å². The molecule has 1 amide bonds. The first-order valence-electron chi connectivity index (χ1n) is 15.8. The number of carbonyl (C=O) groups excluding carboxylic acids is 2. The number of fused-ring (bicyclic) bond motifs is 1. The molecule has 254 valence electrons. The fourth-order valence-electron chi connectivity index (χ4n) is 6.68. The van der Waals surface area contributed by atoms with Gasteiger partial charge >= 0.3 is 51.4 Å². The van der Waals surface area contributed by atoms with E-state index in [2.05, 4.69) is 33.0 Å². The van der Waals surface area contributed by atoms with Gasteiger partial charge in [-0.05, 0) is 44.4 Å². The van der Waals surface area contributed by atoms with Crippen LogP contribution in [0.15, 0.2) is 12.2 Å². The van der Waals surface area contributed by atoms with Crippen molar-refractivity contribution in [1.82, 2.24) is 5.32 Å². The van der Waals surface area contributed by atoms with Crippen LogP contribution in [0.4, 0.5) is 0 Å². The zero-order chi connectivity index (χ0) is 32.7. The van der Waals surface area contributed by atoms with Crippen molar-refractivity contribution < 1.29 is 104 Å². The molecular weight excluding hydrogens is 613 g/mol. The first kappa shape index (κ1) is 41.2. The molecule has 3 aliphatic rings. The van der Waals surface area contributed by atoms with E-state index in [4.69, 9.17) is 33.2 Å². The monoisotopic (exact) mass is 667 g/mol. The number of carboxylic acids is 1. The minimum atomic E-state index is -1.60. The molecule has 0 radical (unpaired) electrons. The van der Waals surface area contributed by atoms with Gasteiger partial charge in [-0.25, -0.2) is 0 Å². The molecule has 1 unspecified atom stereocenters. The van der Waals surface area contributed by atoms with Gasteiger partial charge in [0.1, 0.15) is 19.0 Å². The maximum absolute atomic E-state index is 13.5. The van der Waals surface area contributed by atoms with E-state index in [0.29, 0.717) is 19.3 Å². The van der Waals surface area contributed by atoms with Gasteiger partial charge in [0.25, 0.3) is 5.91 Å². The van der Waals surface area contributed by atoms with Crippen molar-refractivity contribution in [3.63, 3.8) is 0 Å². The molecule has 0 aromatic heterocycles. The first-order chi connectivity index (χ1) is 20.8. The maximum Gasteiger partial charge on any atom is 1.00 e. The third-order valence-electron chi connectivity index (χ3n) is 9.84. The SMILES string of the molecule is CO[C@H](/C=C/CCCCCC(=O)[O-])C[C@H]1O[C@H]2[C@H](OCO[C@H]2NC(=O)[C@@H](O)[C@@]2(OC)CC(C)[C@@H](C)[C@@H](C)O2)[C@@H](OC)C1(C)C.[K+]. The summed E-state index contributed by atoms with van der Waals surface area (Å²) in [5.74, 6) is -2.80. The summed E-state index contributed by atoms with van der Waals surface area (Å²) in [5, 5.41) is 24.7. The number of rotatable bonds is 15. The van der Waals surface area contributed by atoms with Crippen LogP contribution in [0.2, 0.25) is 0 Å². The predicted molar refractivity (Wildman–Crippen MR) is 158 cm³/mol. The standard InChI is InChI=1S/C32H55NO11.K/c1-19-17-32(40-8,44-21(3)20(19)2)27(36)29(37)33-30-26-25(41-18-42-30)28(39-7)31(4,5)23(43-26)16-22(38-6)14-12-10-9-11-13-15-24(34)35;/h12,14,19-23,25-28,30,36H,9-11,13,15-18H2,1-8H3,(H,33,37)(H,34,35);/q;+1/p-1/b14-12+;/t19?,20-,21-,22-,23-,25+,26+,27-,28-,30-,32-;/m1./s1. The van der Waals surface area contributed by atoms with E-state index in [1.807, 2.05) is 19.1 Å². The number of ether oxygens (including phenoxy) is 7. The van der Waals surface area contributed by atoms with Crippen LogP contribution in [-0.4, -0.2) is 99.8 Å². The largest absolute Gasteiger partial charge is 1.00 e. The number of hydrogen-bond acceptors (Lipinski definition) is 11. The van der Waals surface area contributed by atoms with E-state index in [1.165, 1.54) is 7.11 Å². The molecule has 2 N–H and O–H groups in total. The minimum absolute atomic E-state index is 0. The molecule has 0 saturated carbocycles. The molecule has 0 bridgehead atoms. The zero-order valence-electron chi connectivity index (χ0n) is 28.6. The second-order valence-electron chi connectivity index (χ2n) is 13.1. The van der Waals surface area contributed by atoms with Crippen molar-refractivity contribution in [3.8, 4) is 0 Å². The molecule has 13 heteroatoms. The fraction of sp³-hybridized carbons (Fsp3) is 0.875. The molecule has 3 heterocycles. The van der Waals surface area contributed by atoms with Crippen LogP contribution in [0.25, 0.3) is 0 Å². The van der Waals surface area contributed by atoms with Crippen LogP contribution in [0.5, 0.6) is 0 Å². The molecule has 3 saturated heterocycles. The first-order valence-corrected chi connectivity index (χ1v) is 15.8. The number of carboxylic acid groups (broad SMARTS) is 1. The molecular formula is C32H54KNO11. The van der Waals surface area contributed by atoms with Gasteiger partial charge in [-0.2, -0.15) is 0 Å². The Balaban J connectivity index is 0.00000705. The quantitative estimate of drug-likeness (QED) is 0.126. The average molecular weight is 668 g/mol. The fourth-order valence-corrected chi connectivity index (χ4v) is 6.68. The predicted octanol–water partition coefficient (Wildman–Crippen LogP) is -0.939. The second kappa shape index (κ2) is 18.7. The number of unbranched alkanes of at least 4 members (excludes halogenated alkanes) is 3. The van der Waals surface area contributed by atoms with Gasteiger partial charge in [0.15, 0.2) is 12.3 Å². The van der Waals surface area contributed by atoms with Crippen molar-refractivity contribution in [1.29, 1.82) is 0 Å². The Morgan fingerprint density at radius 3 is 2.40 bits per heavy atom. The number of hydrogen-bond donors (Lipinski definition) is 2. The van der Waals surface area contributed by atoms with Crippen molar-refractivity contribution in [3.05, 3.63) is 12.2 Å². The van der Waals surface area contributed by atoms with E-state index in [0.717, 1.165) is 19.3 Å². The van der Waals surface area contributed by atoms with Gasteiger partial charge in [-0.1, -0.05) is 46.3 Å². The molecule has 0 aromatic carbocycles. The smallest absolute Gasteiger partial charge is 0.550 e. The van der Waals surface area contributed by atoms with E-state index in [-0.39, 0.29) is 101 Å². The number of carbonyl (C=O) groups is 2. The number of allylic oxidation sites excluding steroid dienone is 1. The topological polar surface area (TPSA) is 154 Å². The normalized spacial score (nSPS) is 36.0. The Morgan fingerprint density at radius 2 is 1.80 bits per heavy atom. The van der Waals surface area contributed by atoms with Gasteiger partial charge < -0.3 is 53.5 Å². The van der Waals surface area contributed by atoms with Crippen LogP contribution in [0.1, 0.15) is 79.6 Å². The molecule has 12 nitrogen and oxygen atoms in total. The van der Waals surface area contributed by atoms with E-state index >= 15 is 0 Å². The van der Waals surface area contributed by atoms with Crippen LogP contribution < -0.4 is 61.8 Å². The zero-order valence-corrected chi connectivity index (χ0v) is 31.7. The number of aliphatic hydroxyl groups is 1. The summed E-state index contributed by atoms with van der Waals surface area (Å²) >= 11 is 0. The molecule has 0 aliphatic carbocycles. The second-order valence-corrected chi connectivity index (χ2v) is 13.1. The average Bonchev–Trinajstić information content (AvgIpc) is 2.98. The van der Waals surface area contributed by atoms with E-state index in [9.17, 15) is 19.8 Å².